The molecule has 33 heavy (non-hydrogen) atoms. The van der Waals surface area contributed by atoms with Crippen molar-refractivity contribution in [3.8, 4) is 16.9 Å². The minimum absolute atomic E-state index is 0.114. The fraction of sp³-hybridized carbons (Fsp3) is 0.250. The van der Waals surface area contributed by atoms with Crippen molar-refractivity contribution in [1.29, 1.82) is 0 Å². The molecule has 0 radical (unpaired) electrons. The third-order valence-corrected chi connectivity index (χ3v) is 5.87. The van der Waals surface area contributed by atoms with Crippen LogP contribution in [-0.4, -0.2) is 47.8 Å². The lowest BCUT2D eigenvalue weighted by atomic mass is 9.87. The number of benzene rings is 2. The van der Waals surface area contributed by atoms with Gasteiger partial charge in [-0.05, 0) is 31.2 Å². The summed E-state index contributed by atoms with van der Waals surface area (Å²) in [7, 11) is 1.53. The van der Waals surface area contributed by atoms with Crippen molar-refractivity contribution < 1.29 is 19.1 Å². The molecule has 0 spiro atoms. The van der Waals surface area contributed by atoms with Crippen LogP contribution in [0, 0.1) is 5.92 Å². The highest BCUT2D eigenvalue weighted by atomic mass is 79.9. The van der Waals surface area contributed by atoms with Crippen molar-refractivity contribution in [1.82, 2.24) is 15.1 Å². The van der Waals surface area contributed by atoms with Gasteiger partial charge in [0.25, 0.3) is 0 Å². The molecule has 0 fully saturated rings. The number of halogens is 1. The lowest BCUT2D eigenvalue weighted by Gasteiger charge is -2.29. The van der Waals surface area contributed by atoms with Gasteiger partial charge in [-0.2, -0.15) is 5.10 Å². The minimum Gasteiger partial charge on any atom is -0.463 e. The Bertz CT molecular complexity index is 1170. The molecule has 2 atom stereocenters. The number of ether oxygens (including phenoxy) is 2. The van der Waals surface area contributed by atoms with Gasteiger partial charge in [0.05, 0.1) is 24.0 Å². The number of esters is 1. The molecule has 2 amide bonds. The molecule has 1 N–H and O–H groups in total. The van der Waals surface area contributed by atoms with E-state index in [-0.39, 0.29) is 13.2 Å². The Kier molecular flexibility index (Phi) is 7.00. The van der Waals surface area contributed by atoms with Gasteiger partial charge in [-0.1, -0.05) is 46.3 Å². The van der Waals surface area contributed by atoms with Crippen LogP contribution in [0.1, 0.15) is 18.5 Å². The number of carbonyl (C=O) groups excluding carboxylic acids is 2. The number of aromatic nitrogens is 2. The monoisotopic (exact) mass is 510 g/mol. The standard InChI is InChI=1S/C24H23BrN4O4/c1-15-20(23(30)33-13-12-32-2)22(27-24(31)26-15)19-14-29(18-6-4-3-5-7-18)28-21(19)16-8-10-17(25)11-9-16/h3-11,14,20,22H,12-13H2,1-2H3,(H,27,31). The number of hydrogen-bond acceptors (Lipinski definition) is 5. The molecule has 0 saturated carbocycles. The average Bonchev–Trinajstić information content (AvgIpc) is 3.25. The highest BCUT2D eigenvalue weighted by Crippen LogP contribution is 2.35. The summed E-state index contributed by atoms with van der Waals surface area (Å²) in [5.74, 6) is -1.27. The summed E-state index contributed by atoms with van der Waals surface area (Å²) in [6.07, 6.45) is 1.84. The lowest BCUT2D eigenvalue weighted by molar-refractivity contribution is -0.148. The molecule has 0 aliphatic carbocycles. The number of para-hydroxylation sites is 1. The molecular weight excluding hydrogens is 488 g/mol. The summed E-state index contributed by atoms with van der Waals surface area (Å²) in [4.78, 5) is 29.3. The SMILES string of the molecule is COCCOC(=O)C1C(C)=NC(=O)NC1c1cn(-c2ccccc2)nc1-c1ccc(Br)cc1. The summed E-state index contributed by atoms with van der Waals surface area (Å²) in [5.41, 5.74) is 3.44. The van der Waals surface area contributed by atoms with Crippen LogP contribution in [0.2, 0.25) is 0 Å². The Labute approximate surface area is 199 Å². The Morgan fingerprint density at radius 1 is 1.12 bits per heavy atom. The maximum absolute atomic E-state index is 13.0. The first kappa shape index (κ1) is 22.9. The maximum atomic E-state index is 13.0. The zero-order chi connectivity index (χ0) is 23.4. The first-order chi connectivity index (χ1) is 16.0. The smallest absolute Gasteiger partial charge is 0.341 e. The summed E-state index contributed by atoms with van der Waals surface area (Å²) >= 11 is 3.46. The van der Waals surface area contributed by atoms with Gasteiger partial charge in [0.15, 0.2) is 0 Å². The minimum atomic E-state index is -0.790. The maximum Gasteiger partial charge on any atom is 0.341 e. The Balaban J connectivity index is 1.81. The van der Waals surface area contributed by atoms with E-state index in [1.165, 1.54) is 7.11 Å². The molecule has 1 aromatic heterocycles. The predicted octanol–water partition coefficient (Wildman–Crippen LogP) is 4.33. The summed E-state index contributed by atoms with van der Waals surface area (Å²) < 4.78 is 13.1. The number of rotatable bonds is 7. The number of aliphatic imine (C=N–C) groups is 1. The van der Waals surface area contributed by atoms with Gasteiger partial charge in [0.1, 0.15) is 12.5 Å². The molecule has 0 saturated heterocycles. The van der Waals surface area contributed by atoms with Gasteiger partial charge < -0.3 is 14.8 Å². The van der Waals surface area contributed by atoms with Crippen LogP contribution in [0.25, 0.3) is 16.9 Å². The second-order valence-corrected chi connectivity index (χ2v) is 8.45. The van der Waals surface area contributed by atoms with Gasteiger partial charge in [-0.15, -0.1) is 0 Å². The van der Waals surface area contributed by atoms with Crippen LogP contribution in [0.4, 0.5) is 4.79 Å². The number of hydrogen-bond donors (Lipinski definition) is 1. The van der Waals surface area contributed by atoms with Crippen molar-refractivity contribution in [2.75, 3.05) is 20.3 Å². The fourth-order valence-electron chi connectivity index (χ4n) is 3.76. The zero-order valence-corrected chi connectivity index (χ0v) is 19.8. The number of nitrogens with zero attached hydrogens (tertiary/aromatic N) is 3. The fourth-order valence-corrected chi connectivity index (χ4v) is 4.02. The molecule has 2 heterocycles. The van der Waals surface area contributed by atoms with Crippen molar-refractivity contribution in [3.05, 3.63) is 70.8 Å². The summed E-state index contributed by atoms with van der Waals surface area (Å²) in [5, 5.41) is 7.66. The van der Waals surface area contributed by atoms with E-state index >= 15 is 0 Å². The predicted molar refractivity (Wildman–Crippen MR) is 127 cm³/mol. The van der Waals surface area contributed by atoms with Crippen molar-refractivity contribution in [2.45, 2.75) is 13.0 Å². The van der Waals surface area contributed by atoms with E-state index in [1.54, 1.807) is 11.6 Å². The van der Waals surface area contributed by atoms with E-state index in [2.05, 4.69) is 26.2 Å². The van der Waals surface area contributed by atoms with Crippen LogP contribution in [-0.2, 0) is 14.3 Å². The number of urea groups is 1. The largest absolute Gasteiger partial charge is 0.463 e. The van der Waals surface area contributed by atoms with Gasteiger partial charge >= 0.3 is 12.0 Å². The Hall–Kier alpha value is -3.30. The summed E-state index contributed by atoms with van der Waals surface area (Å²) in [6, 6.07) is 16.1. The highest BCUT2D eigenvalue weighted by molar-refractivity contribution is 9.10. The molecular formula is C24H23BrN4O4. The molecule has 170 valence electrons. The van der Waals surface area contributed by atoms with E-state index in [0.29, 0.717) is 17.0 Å². The van der Waals surface area contributed by atoms with Gasteiger partial charge in [-0.3, -0.25) is 4.79 Å². The van der Waals surface area contributed by atoms with Crippen LogP contribution in [0.15, 0.2) is 70.3 Å². The Morgan fingerprint density at radius 2 is 1.85 bits per heavy atom. The molecule has 2 aromatic carbocycles. The van der Waals surface area contributed by atoms with Crippen LogP contribution < -0.4 is 5.32 Å². The van der Waals surface area contributed by atoms with Crippen molar-refractivity contribution in [3.63, 3.8) is 0 Å². The van der Waals surface area contributed by atoms with E-state index in [4.69, 9.17) is 14.6 Å². The Morgan fingerprint density at radius 3 is 2.55 bits per heavy atom. The van der Waals surface area contributed by atoms with Crippen LogP contribution in [0.5, 0.6) is 0 Å². The molecule has 9 heteroatoms. The van der Waals surface area contributed by atoms with E-state index < -0.39 is 24.0 Å². The molecule has 1 aliphatic heterocycles. The molecule has 4 rings (SSSR count). The lowest BCUT2D eigenvalue weighted by Crippen LogP contribution is -2.44. The van der Waals surface area contributed by atoms with Crippen LogP contribution >= 0.6 is 15.9 Å². The molecule has 0 bridgehead atoms. The third-order valence-electron chi connectivity index (χ3n) is 5.34. The summed E-state index contributed by atoms with van der Waals surface area (Å²) in [6.45, 7) is 2.05. The molecule has 8 nitrogen and oxygen atoms in total. The van der Waals surface area contributed by atoms with E-state index in [1.807, 2.05) is 60.8 Å². The second kappa shape index (κ2) is 10.1. The van der Waals surface area contributed by atoms with Gasteiger partial charge in [0, 0.05) is 34.6 Å². The topological polar surface area (TPSA) is 94.8 Å². The first-order valence-electron chi connectivity index (χ1n) is 10.4. The number of nitrogens with one attached hydrogen (secondary N) is 1. The molecule has 1 aliphatic rings. The highest BCUT2D eigenvalue weighted by Gasteiger charge is 2.40. The van der Waals surface area contributed by atoms with Crippen molar-refractivity contribution in [2.24, 2.45) is 10.9 Å². The van der Waals surface area contributed by atoms with Gasteiger partial charge in [-0.25, -0.2) is 14.5 Å². The van der Waals surface area contributed by atoms with Crippen LogP contribution in [0.3, 0.4) is 0 Å². The van der Waals surface area contributed by atoms with Gasteiger partial charge in [0.2, 0.25) is 0 Å². The number of methoxy groups -OCH3 is 1. The molecule has 2 unspecified atom stereocenters. The van der Waals surface area contributed by atoms with Crippen molar-refractivity contribution >= 4 is 33.6 Å². The average molecular weight is 511 g/mol. The second-order valence-electron chi connectivity index (χ2n) is 7.54. The first-order valence-corrected chi connectivity index (χ1v) is 11.2. The third kappa shape index (κ3) is 5.04. The van der Waals surface area contributed by atoms with E-state index in [9.17, 15) is 9.59 Å². The number of carbonyl (C=O) groups is 2. The zero-order valence-electron chi connectivity index (χ0n) is 18.2. The quantitative estimate of drug-likeness (QED) is 0.377. The number of amides is 2. The normalized spacial score (nSPS) is 17.9. The van der Waals surface area contributed by atoms with E-state index in [0.717, 1.165) is 15.7 Å². The molecule has 3 aromatic rings.